The van der Waals surface area contributed by atoms with Crippen molar-refractivity contribution in [2.24, 2.45) is 0 Å². The van der Waals surface area contributed by atoms with Crippen LogP contribution in [0.1, 0.15) is 29.5 Å². The number of anilines is 1. The first-order valence-electron chi connectivity index (χ1n) is 8.10. The van der Waals surface area contributed by atoms with Gasteiger partial charge in [0.25, 0.3) is 0 Å². The van der Waals surface area contributed by atoms with Gasteiger partial charge in [0.1, 0.15) is 18.2 Å². The largest absolute Gasteiger partial charge is 0.489 e. The molecule has 0 bridgehead atoms. The first-order chi connectivity index (χ1) is 11.6. The van der Waals surface area contributed by atoms with Gasteiger partial charge >= 0.3 is 5.97 Å². The van der Waals surface area contributed by atoms with Crippen molar-refractivity contribution in [1.82, 2.24) is 0 Å². The molecule has 1 heterocycles. The SMILES string of the molecule is O=C(O)CCc1ccc(OCc2ccc3c(c2)NCCC3)cc1F. The fraction of sp³-hybridized carbons (Fsp3) is 0.316. The summed E-state index contributed by atoms with van der Waals surface area (Å²) in [5.74, 6) is -0.922. The topological polar surface area (TPSA) is 58.6 Å². The van der Waals surface area contributed by atoms with Crippen molar-refractivity contribution in [2.45, 2.75) is 32.3 Å². The van der Waals surface area contributed by atoms with E-state index in [9.17, 15) is 9.18 Å². The summed E-state index contributed by atoms with van der Waals surface area (Å²) in [4.78, 5) is 10.6. The number of fused-ring (bicyclic) bond motifs is 1. The summed E-state index contributed by atoms with van der Waals surface area (Å²) in [6, 6.07) is 10.8. The molecule has 126 valence electrons. The van der Waals surface area contributed by atoms with E-state index in [1.54, 1.807) is 12.1 Å². The van der Waals surface area contributed by atoms with Crippen molar-refractivity contribution in [3.63, 3.8) is 0 Å². The number of ether oxygens (including phenoxy) is 1. The Hall–Kier alpha value is -2.56. The minimum Gasteiger partial charge on any atom is -0.489 e. The van der Waals surface area contributed by atoms with Crippen LogP contribution in [0, 0.1) is 5.82 Å². The highest BCUT2D eigenvalue weighted by molar-refractivity contribution is 5.67. The van der Waals surface area contributed by atoms with E-state index in [4.69, 9.17) is 9.84 Å². The van der Waals surface area contributed by atoms with Crippen molar-refractivity contribution in [1.29, 1.82) is 0 Å². The van der Waals surface area contributed by atoms with Crippen LogP contribution in [0.25, 0.3) is 0 Å². The van der Waals surface area contributed by atoms with Gasteiger partial charge in [-0.25, -0.2) is 4.39 Å². The lowest BCUT2D eigenvalue weighted by molar-refractivity contribution is -0.136. The van der Waals surface area contributed by atoms with Crippen LogP contribution in [0.3, 0.4) is 0 Å². The van der Waals surface area contributed by atoms with Crippen molar-refractivity contribution in [3.05, 3.63) is 58.9 Å². The van der Waals surface area contributed by atoms with Gasteiger partial charge in [-0.15, -0.1) is 0 Å². The zero-order valence-corrected chi connectivity index (χ0v) is 13.3. The van der Waals surface area contributed by atoms with Crippen LogP contribution in [0.15, 0.2) is 36.4 Å². The molecule has 2 aromatic rings. The molecule has 1 aliphatic rings. The Morgan fingerprint density at radius 1 is 1.25 bits per heavy atom. The number of hydrogen-bond donors (Lipinski definition) is 2. The molecule has 0 amide bonds. The molecule has 2 N–H and O–H groups in total. The maximum absolute atomic E-state index is 14.0. The lowest BCUT2D eigenvalue weighted by Gasteiger charge is -2.18. The molecule has 0 unspecified atom stereocenters. The van der Waals surface area contributed by atoms with E-state index >= 15 is 0 Å². The normalized spacial score (nSPS) is 13.0. The second kappa shape index (κ2) is 7.34. The molecule has 1 aliphatic heterocycles. The smallest absolute Gasteiger partial charge is 0.303 e. The molecule has 4 nitrogen and oxygen atoms in total. The Kier molecular flexibility index (Phi) is 4.99. The minimum atomic E-state index is -0.934. The predicted octanol–water partition coefficient (Wildman–Crippen LogP) is 3.78. The first-order valence-corrected chi connectivity index (χ1v) is 8.10. The lowest BCUT2D eigenvalue weighted by Crippen LogP contribution is -2.12. The van der Waals surface area contributed by atoms with E-state index in [2.05, 4.69) is 17.4 Å². The summed E-state index contributed by atoms with van der Waals surface area (Å²) in [7, 11) is 0. The van der Waals surface area contributed by atoms with Gasteiger partial charge in [0, 0.05) is 24.7 Å². The van der Waals surface area contributed by atoms with Crippen LogP contribution in [0.4, 0.5) is 10.1 Å². The molecule has 2 aromatic carbocycles. The predicted molar refractivity (Wildman–Crippen MR) is 89.9 cm³/mol. The number of carbonyl (C=O) groups is 1. The summed E-state index contributed by atoms with van der Waals surface area (Å²) >= 11 is 0. The van der Waals surface area contributed by atoms with Crippen LogP contribution in [0.5, 0.6) is 5.75 Å². The molecule has 0 saturated heterocycles. The second-order valence-corrected chi connectivity index (χ2v) is 5.96. The average molecular weight is 329 g/mol. The average Bonchev–Trinajstić information content (AvgIpc) is 2.59. The van der Waals surface area contributed by atoms with E-state index in [1.165, 1.54) is 11.6 Å². The van der Waals surface area contributed by atoms with Crippen LogP contribution in [-0.4, -0.2) is 17.6 Å². The Balaban J connectivity index is 1.62. The number of nitrogens with one attached hydrogen (secondary N) is 1. The summed E-state index contributed by atoms with van der Waals surface area (Å²) < 4.78 is 19.6. The van der Waals surface area contributed by atoms with Gasteiger partial charge in [0.05, 0.1) is 0 Å². The fourth-order valence-electron chi connectivity index (χ4n) is 2.83. The van der Waals surface area contributed by atoms with Gasteiger partial charge in [-0.2, -0.15) is 0 Å². The minimum absolute atomic E-state index is 0.0841. The molecule has 0 radical (unpaired) electrons. The highest BCUT2D eigenvalue weighted by Gasteiger charge is 2.10. The van der Waals surface area contributed by atoms with E-state index < -0.39 is 11.8 Å². The van der Waals surface area contributed by atoms with Crippen molar-refractivity contribution in [2.75, 3.05) is 11.9 Å². The van der Waals surface area contributed by atoms with Gasteiger partial charge in [0.2, 0.25) is 0 Å². The number of aryl methyl sites for hydroxylation is 2. The number of carboxylic acids is 1. The Labute approximate surface area is 140 Å². The number of halogens is 1. The zero-order valence-electron chi connectivity index (χ0n) is 13.3. The van der Waals surface area contributed by atoms with Gasteiger partial charge in [-0.1, -0.05) is 18.2 Å². The number of aliphatic carboxylic acids is 1. The third-order valence-electron chi connectivity index (χ3n) is 4.15. The van der Waals surface area contributed by atoms with Gasteiger partial charge in [-0.3, -0.25) is 4.79 Å². The van der Waals surface area contributed by atoms with Crippen LogP contribution >= 0.6 is 0 Å². The van der Waals surface area contributed by atoms with Gasteiger partial charge < -0.3 is 15.2 Å². The lowest BCUT2D eigenvalue weighted by atomic mass is 10.0. The van der Waals surface area contributed by atoms with Crippen LogP contribution < -0.4 is 10.1 Å². The highest BCUT2D eigenvalue weighted by atomic mass is 19.1. The third-order valence-corrected chi connectivity index (χ3v) is 4.15. The Morgan fingerprint density at radius 2 is 2.12 bits per heavy atom. The molecule has 5 heteroatoms. The summed E-state index contributed by atoms with van der Waals surface area (Å²) in [5, 5.41) is 12.0. The fourth-order valence-corrected chi connectivity index (χ4v) is 2.83. The molecular formula is C19H20FNO3. The molecule has 0 saturated carbocycles. The van der Waals surface area contributed by atoms with E-state index in [1.807, 2.05) is 6.07 Å². The zero-order chi connectivity index (χ0) is 16.9. The quantitative estimate of drug-likeness (QED) is 0.847. The standard InChI is InChI=1S/C19H20FNO3/c20-17-11-16(7-5-14(17)6-8-19(22)23)24-12-13-3-4-15-2-1-9-21-18(15)10-13/h3-5,7,10-11,21H,1-2,6,8-9,12H2,(H,22,23). The second-order valence-electron chi connectivity index (χ2n) is 5.96. The molecule has 0 fully saturated rings. The molecule has 0 aromatic heterocycles. The highest BCUT2D eigenvalue weighted by Crippen LogP contribution is 2.24. The maximum Gasteiger partial charge on any atom is 0.303 e. The van der Waals surface area contributed by atoms with E-state index in [-0.39, 0.29) is 12.8 Å². The van der Waals surface area contributed by atoms with Crippen LogP contribution in [0.2, 0.25) is 0 Å². The molecule has 24 heavy (non-hydrogen) atoms. The number of hydrogen-bond acceptors (Lipinski definition) is 3. The molecule has 3 rings (SSSR count). The first kappa shape index (κ1) is 16.3. The third kappa shape index (κ3) is 4.04. The van der Waals surface area contributed by atoms with Crippen LogP contribution in [-0.2, 0) is 24.2 Å². The Bertz CT molecular complexity index is 745. The molecule has 0 spiro atoms. The molecule has 0 aliphatic carbocycles. The monoisotopic (exact) mass is 329 g/mol. The van der Waals surface area contributed by atoms with Gasteiger partial charge in [0.15, 0.2) is 0 Å². The van der Waals surface area contributed by atoms with Crippen molar-refractivity contribution in [3.8, 4) is 5.75 Å². The van der Waals surface area contributed by atoms with E-state index in [0.717, 1.165) is 30.6 Å². The van der Waals surface area contributed by atoms with E-state index in [0.29, 0.717) is 17.9 Å². The summed E-state index contributed by atoms with van der Waals surface area (Å²) in [6.45, 7) is 1.35. The maximum atomic E-state index is 14.0. The molecular weight excluding hydrogens is 309 g/mol. The summed E-state index contributed by atoms with van der Waals surface area (Å²) in [5.41, 5.74) is 3.89. The number of benzene rings is 2. The summed E-state index contributed by atoms with van der Waals surface area (Å²) in [6.07, 6.45) is 2.33. The van der Waals surface area contributed by atoms with Crippen molar-refractivity contribution < 1.29 is 19.0 Å². The molecule has 0 atom stereocenters. The number of rotatable bonds is 6. The van der Waals surface area contributed by atoms with Crippen molar-refractivity contribution >= 4 is 11.7 Å². The Morgan fingerprint density at radius 3 is 2.92 bits per heavy atom. The van der Waals surface area contributed by atoms with Gasteiger partial charge in [-0.05, 0) is 48.1 Å². The number of carboxylic acid groups (broad SMARTS) is 1.